The van der Waals surface area contributed by atoms with Crippen LogP contribution in [-0.2, 0) is 6.18 Å². The van der Waals surface area contributed by atoms with E-state index in [0.717, 1.165) is 18.5 Å². The topological polar surface area (TPSA) is 30.0 Å². The molecule has 0 aliphatic rings. The molecule has 20 heavy (non-hydrogen) atoms. The van der Waals surface area contributed by atoms with E-state index in [9.17, 15) is 18.0 Å². The molecule has 0 bridgehead atoms. The molecule has 0 spiro atoms. The Bertz CT molecular complexity index is 673. The Labute approximate surface area is 131 Å². The Kier molecular flexibility index (Phi) is 4.33. The third-order valence-electron chi connectivity index (χ3n) is 2.55. The standard InChI is InChI=1S/C13H6ClF3INO/c14-10-5-7(1-2-11(10)18)12(20)8-6-19-4-3-9(8)13(15,16)17/h1-6H. The Morgan fingerprint density at radius 2 is 1.95 bits per heavy atom. The van der Waals surface area contributed by atoms with Crippen LogP contribution in [0.3, 0.4) is 0 Å². The van der Waals surface area contributed by atoms with Crippen LogP contribution in [0.15, 0.2) is 36.7 Å². The molecule has 0 aliphatic heterocycles. The molecule has 2 rings (SSSR count). The summed E-state index contributed by atoms with van der Waals surface area (Å²) in [6.45, 7) is 0. The maximum absolute atomic E-state index is 12.9. The molecule has 1 aromatic heterocycles. The van der Waals surface area contributed by atoms with Crippen LogP contribution in [0.5, 0.6) is 0 Å². The second-order valence-corrected chi connectivity index (χ2v) is 5.45. The number of hydrogen-bond acceptors (Lipinski definition) is 2. The minimum Gasteiger partial charge on any atom is -0.289 e. The lowest BCUT2D eigenvalue weighted by Gasteiger charge is -2.11. The number of alkyl halides is 3. The number of aromatic nitrogens is 1. The summed E-state index contributed by atoms with van der Waals surface area (Å²) in [5.74, 6) is -0.760. The molecule has 1 heterocycles. The first-order valence-electron chi connectivity index (χ1n) is 5.31. The van der Waals surface area contributed by atoms with Crippen molar-refractivity contribution < 1.29 is 18.0 Å². The van der Waals surface area contributed by atoms with Gasteiger partial charge in [0, 0.05) is 21.5 Å². The number of ketones is 1. The third kappa shape index (κ3) is 3.12. The minimum absolute atomic E-state index is 0.0916. The van der Waals surface area contributed by atoms with Gasteiger partial charge in [-0.05, 0) is 46.9 Å². The van der Waals surface area contributed by atoms with Crippen LogP contribution in [0.1, 0.15) is 21.5 Å². The monoisotopic (exact) mass is 411 g/mol. The van der Waals surface area contributed by atoms with E-state index < -0.39 is 23.1 Å². The van der Waals surface area contributed by atoms with Gasteiger partial charge in [-0.1, -0.05) is 11.6 Å². The van der Waals surface area contributed by atoms with Gasteiger partial charge in [0.05, 0.1) is 16.1 Å². The van der Waals surface area contributed by atoms with Crippen LogP contribution in [0.2, 0.25) is 5.02 Å². The summed E-state index contributed by atoms with van der Waals surface area (Å²) < 4.78 is 39.3. The van der Waals surface area contributed by atoms with Gasteiger partial charge in [-0.3, -0.25) is 9.78 Å². The summed E-state index contributed by atoms with van der Waals surface area (Å²) in [5, 5.41) is 0.314. The molecule has 0 N–H and O–H groups in total. The average molecular weight is 412 g/mol. The number of nitrogens with zero attached hydrogens (tertiary/aromatic N) is 1. The molecule has 0 saturated carbocycles. The number of pyridine rings is 1. The minimum atomic E-state index is -4.61. The maximum atomic E-state index is 12.9. The summed E-state index contributed by atoms with van der Waals surface area (Å²) in [5.41, 5.74) is -1.40. The van der Waals surface area contributed by atoms with E-state index in [0.29, 0.717) is 8.59 Å². The lowest BCUT2D eigenvalue weighted by Crippen LogP contribution is -2.14. The molecule has 2 nitrogen and oxygen atoms in total. The molecule has 0 amide bonds. The molecule has 0 aliphatic carbocycles. The maximum Gasteiger partial charge on any atom is 0.417 e. The molecule has 0 radical (unpaired) electrons. The van der Waals surface area contributed by atoms with Gasteiger partial charge < -0.3 is 0 Å². The number of carbonyl (C=O) groups excluding carboxylic acids is 1. The molecule has 0 fully saturated rings. The summed E-state index contributed by atoms with van der Waals surface area (Å²) in [6.07, 6.45) is -2.70. The smallest absolute Gasteiger partial charge is 0.289 e. The highest BCUT2D eigenvalue weighted by molar-refractivity contribution is 14.1. The highest BCUT2D eigenvalue weighted by Crippen LogP contribution is 2.32. The van der Waals surface area contributed by atoms with Gasteiger partial charge in [0.25, 0.3) is 0 Å². The van der Waals surface area contributed by atoms with Crippen molar-refractivity contribution in [2.75, 3.05) is 0 Å². The van der Waals surface area contributed by atoms with Crippen molar-refractivity contribution >= 4 is 40.0 Å². The number of rotatable bonds is 2. The first-order valence-corrected chi connectivity index (χ1v) is 6.77. The predicted molar refractivity (Wildman–Crippen MR) is 76.8 cm³/mol. The number of carbonyl (C=O) groups is 1. The molecule has 0 atom stereocenters. The summed E-state index contributed by atoms with van der Waals surface area (Å²) in [6, 6.07) is 5.13. The highest BCUT2D eigenvalue weighted by atomic mass is 127. The van der Waals surface area contributed by atoms with Crippen LogP contribution >= 0.6 is 34.2 Å². The van der Waals surface area contributed by atoms with Crippen molar-refractivity contribution in [1.29, 1.82) is 0 Å². The fraction of sp³-hybridized carbons (Fsp3) is 0.0769. The van der Waals surface area contributed by atoms with Crippen LogP contribution < -0.4 is 0 Å². The molecule has 0 saturated heterocycles. The Balaban J connectivity index is 2.51. The molecule has 2 aromatic rings. The zero-order valence-corrected chi connectivity index (χ0v) is 12.6. The third-order valence-corrected chi connectivity index (χ3v) is 4.13. The Hall–Kier alpha value is -1.15. The molecule has 104 valence electrons. The van der Waals surface area contributed by atoms with E-state index in [1.165, 1.54) is 12.1 Å². The van der Waals surface area contributed by atoms with Crippen molar-refractivity contribution in [1.82, 2.24) is 4.98 Å². The van der Waals surface area contributed by atoms with E-state index in [2.05, 4.69) is 4.98 Å². The van der Waals surface area contributed by atoms with Gasteiger partial charge in [0.2, 0.25) is 0 Å². The van der Waals surface area contributed by atoms with Crippen LogP contribution in [0.4, 0.5) is 13.2 Å². The number of benzene rings is 1. The zero-order chi connectivity index (χ0) is 14.9. The largest absolute Gasteiger partial charge is 0.417 e. The molecule has 0 unspecified atom stereocenters. The summed E-state index contributed by atoms with van der Waals surface area (Å²) >= 11 is 7.84. The number of halogens is 5. The van der Waals surface area contributed by atoms with E-state index in [1.54, 1.807) is 6.07 Å². The lowest BCUT2D eigenvalue weighted by atomic mass is 10.0. The van der Waals surface area contributed by atoms with E-state index in [-0.39, 0.29) is 5.56 Å². The predicted octanol–water partition coefficient (Wildman–Crippen LogP) is 4.59. The molecule has 1 aromatic carbocycles. The number of hydrogen-bond donors (Lipinski definition) is 0. The van der Waals surface area contributed by atoms with E-state index in [4.69, 9.17) is 11.6 Å². The Morgan fingerprint density at radius 1 is 1.25 bits per heavy atom. The SMILES string of the molecule is O=C(c1ccc(I)c(Cl)c1)c1cnccc1C(F)(F)F. The molecule has 7 heteroatoms. The molecular formula is C13H6ClF3INO. The van der Waals surface area contributed by atoms with Crippen molar-refractivity contribution in [2.45, 2.75) is 6.18 Å². The van der Waals surface area contributed by atoms with Crippen molar-refractivity contribution in [2.24, 2.45) is 0 Å². The van der Waals surface area contributed by atoms with E-state index >= 15 is 0 Å². The average Bonchev–Trinajstić information content (AvgIpc) is 2.40. The fourth-order valence-electron chi connectivity index (χ4n) is 1.62. The summed E-state index contributed by atoms with van der Waals surface area (Å²) in [7, 11) is 0. The van der Waals surface area contributed by atoms with Gasteiger partial charge >= 0.3 is 6.18 Å². The van der Waals surface area contributed by atoms with Gasteiger partial charge in [0.1, 0.15) is 0 Å². The van der Waals surface area contributed by atoms with Crippen LogP contribution in [-0.4, -0.2) is 10.8 Å². The summed E-state index contributed by atoms with van der Waals surface area (Å²) in [4.78, 5) is 15.8. The van der Waals surface area contributed by atoms with Gasteiger partial charge in [-0.15, -0.1) is 0 Å². The van der Waals surface area contributed by atoms with Crippen molar-refractivity contribution in [3.05, 3.63) is 61.9 Å². The van der Waals surface area contributed by atoms with Crippen LogP contribution in [0.25, 0.3) is 0 Å². The van der Waals surface area contributed by atoms with Crippen molar-refractivity contribution in [3.8, 4) is 0 Å². The Morgan fingerprint density at radius 3 is 2.55 bits per heavy atom. The molecular weight excluding hydrogens is 406 g/mol. The normalized spacial score (nSPS) is 11.4. The quantitative estimate of drug-likeness (QED) is 0.534. The van der Waals surface area contributed by atoms with E-state index in [1.807, 2.05) is 22.6 Å². The van der Waals surface area contributed by atoms with Gasteiger partial charge in [0.15, 0.2) is 5.78 Å². The lowest BCUT2D eigenvalue weighted by molar-refractivity contribution is -0.137. The second-order valence-electron chi connectivity index (χ2n) is 3.88. The first kappa shape index (κ1) is 15.2. The van der Waals surface area contributed by atoms with Crippen molar-refractivity contribution in [3.63, 3.8) is 0 Å². The van der Waals surface area contributed by atoms with Gasteiger partial charge in [-0.25, -0.2) is 0 Å². The zero-order valence-electron chi connectivity index (χ0n) is 9.71. The second kappa shape index (κ2) is 5.69. The highest BCUT2D eigenvalue weighted by Gasteiger charge is 2.35. The van der Waals surface area contributed by atoms with Crippen LogP contribution in [0, 0.1) is 3.57 Å². The first-order chi connectivity index (χ1) is 9.30. The van der Waals surface area contributed by atoms with Gasteiger partial charge in [-0.2, -0.15) is 13.2 Å². The fourth-order valence-corrected chi connectivity index (χ4v) is 2.13.